The molecule has 0 bridgehead atoms. The van der Waals surface area contributed by atoms with Crippen LogP contribution in [-0.2, 0) is 4.74 Å². The van der Waals surface area contributed by atoms with E-state index >= 15 is 0 Å². The molecule has 1 aliphatic rings. The third-order valence-corrected chi connectivity index (χ3v) is 3.79. The van der Waals surface area contributed by atoms with Crippen molar-refractivity contribution in [3.63, 3.8) is 0 Å². The van der Waals surface area contributed by atoms with Crippen LogP contribution in [0, 0.1) is 11.8 Å². The Hall–Kier alpha value is -0.0800. The fourth-order valence-electron chi connectivity index (χ4n) is 2.58. The molecule has 2 heteroatoms. The van der Waals surface area contributed by atoms with E-state index in [0.717, 1.165) is 31.6 Å². The lowest BCUT2D eigenvalue weighted by Crippen LogP contribution is -2.30. The highest BCUT2D eigenvalue weighted by molar-refractivity contribution is 4.73. The molecule has 16 heavy (non-hydrogen) atoms. The van der Waals surface area contributed by atoms with Gasteiger partial charge in [-0.05, 0) is 51.1 Å². The van der Waals surface area contributed by atoms with Gasteiger partial charge in [0.25, 0.3) is 0 Å². The van der Waals surface area contributed by atoms with Crippen LogP contribution in [0.15, 0.2) is 0 Å². The minimum atomic E-state index is 0.854. The summed E-state index contributed by atoms with van der Waals surface area (Å²) in [6.07, 6.45) is 8.22. The molecule has 2 unspecified atom stereocenters. The molecule has 1 rings (SSSR count). The Bertz CT molecular complexity index is 161. The van der Waals surface area contributed by atoms with Crippen molar-refractivity contribution in [2.24, 2.45) is 11.8 Å². The minimum Gasteiger partial charge on any atom is -0.382 e. The summed E-state index contributed by atoms with van der Waals surface area (Å²) in [4.78, 5) is 0. The zero-order valence-corrected chi connectivity index (χ0v) is 11.1. The third-order valence-electron chi connectivity index (χ3n) is 3.79. The van der Waals surface area contributed by atoms with E-state index in [0.29, 0.717) is 0 Å². The molecule has 0 heterocycles. The molecular weight excluding hydrogens is 198 g/mol. The second-order valence-corrected chi connectivity index (χ2v) is 5.13. The number of unbranched alkanes of at least 4 members (excludes halogenated alkanes) is 1. The van der Waals surface area contributed by atoms with Gasteiger partial charge in [-0.1, -0.05) is 26.2 Å². The minimum absolute atomic E-state index is 0.854. The molecule has 0 aromatic carbocycles. The largest absolute Gasteiger partial charge is 0.382 e. The van der Waals surface area contributed by atoms with Gasteiger partial charge in [0, 0.05) is 13.2 Å². The summed E-state index contributed by atoms with van der Waals surface area (Å²) in [5.41, 5.74) is 0. The smallest absolute Gasteiger partial charge is 0.0466 e. The topological polar surface area (TPSA) is 21.3 Å². The van der Waals surface area contributed by atoms with Crippen molar-refractivity contribution in [3.8, 4) is 0 Å². The van der Waals surface area contributed by atoms with E-state index < -0.39 is 0 Å². The zero-order chi connectivity index (χ0) is 11.6. The molecule has 0 radical (unpaired) electrons. The van der Waals surface area contributed by atoms with Crippen molar-refractivity contribution in [3.05, 3.63) is 0 Å². The first-order valence-electron chi connectivity index (χ1n) is 7.13. The molecule has 2 atom stereocenters. The van der Waals surface area contributed by atoms with Gasteiger partial charge in [-0.2, -0.15) is 0 Å². The highest BCUT2D eigenvalue weighted by atomic mass is 16.5. The second-order valence-electron chi connectivity index (χ2n) is 5.13. The molecule has 0 saturated heterocycles. The summed E-state index contributed by atoms with van der Waals surface area (Å²) in [5.74, 6) is 1.87. The maximum atomic E-state index is 5.32. The number of ether oxygens (including phenoxy) is 1. The maximum Gasteiger partial charge on any atom is 0.0466 e. The predicted molar refractivity (Wildman–Crippen MR) is 69.7 cm³/mol. The van der Waals surface area contributed by atoms with Crippen molar-refractivity contribution in [2.75, 3.05) is 26.3 Å². The molecule has 1 fully saturated rings. The van der Waals surface area contributed by atoms with Crippen molar-refractivity contribution in [1.82, 2.24) is 5.32 Å². The van der Waals surface area contributed by atoms with Gasteiger partial charge in [0.1, 0.15) is 0 Å². The highest BCUT2D eigenvalue weighted by Crippen LogP contribution is 2.28. The van der Waals surface area contributed by atoms with Gasteiger partial charge in [-0.25, -0.2) is 0 Å². The van der Waals surface area contributed by atoms with E-state index in [1.165, 1.54) is 45.1 Å². The number of hydrogen-bond acceptors (Lipinski definition) is 2. The molecular formula is C14H29NO. The first kappa shape index (κ1) is 14.0. The van der Waals surface area contributed by atoms with Crippen molar-refractivity contribution < 1.29 is 4.74 Å². The lowest BCUT2D eigenvalue weighted by atomic mass is 9.80. The van der Waals surface area contributed by atoms with Gasteiger partial charge < -0.3 is 10.1 Å². The van der Waals surface area contributed by atoms with E-state index in [2.05, 4.69) is 19.2 Å². The molecule has 2 nitrogen and oxygen atoms in total. The molecule has 1 aliphatic carbocycles. The third kappa shape index (κ3) is 5.86. The fraction of sp³-hybridized carbons (Fsp3) is 1.00. The van der Waals surface area contributed by atoms with Crippen LogP contribution < -0.4 is 5.32 Å². The number of rotatable bonds is 8. The maximum absolute atomic E-state index is 5.32. The Labute approximate surface area is 101 Å². The summed E-state index contributed by atoms with van der Waals surface area (Å²) in [5, 5.41) is 3.61. The average molecular weight is 227 g/mol. The normalized spacial score (nSPS) is 25.9. The second kappa shape index (κ2) is 9.00. The Morgan fingerprint density at radius 2 is 2.00 bits per heavy atom. The SMILES string of the molecule is CCOCCCCNCC1CCCCC1C. The van der Waals surface area contributed by atoms with E-state index in [1.807, 2.05) is 0 Å². The van der Waals surface area contributed by atoms with Crippen molar-refractivity contribution in [1.29, 1.82) is 0 Å². The van der Waals surface area contributed by atoms with Crippen molar-refractivity contribution in [2.45, 2.75) is 52.4 Å². The number of hydrogen-bond donors (Lipinski definition) is 1. The monoisotopic (exact) mass is 227 g/mol. The van der Waals surface area contributed by atoms with E-state index in [-0.39, 0.29) is 0 Å². The molecule has 1 saturated carbocycles. The van der Waals surface area contributed by atoms with Crippen LogP contribution in [0.3, 0.4) is 0 Å². The van der Waals surface area contributed by atoms with Gasteiger partial charge >= 0.3 is 0 Å². The molecule has 0 amide bonds. The van der Waals surface area contributed by atoms with Gasteiger partial charge in [-0.15, -0.1) is 0 Å². The molecule has 96 valence electrons. The van der Waals surface area contributed by atoms with Crippen LogP contribution in [0.2, 0.25) is 0 Å². The quantitative estimate of drug-likeness (QED) is 0.643. The van der Waals surface area contributed by atoms with E-state index in [9.17, 15) is 0 Å². The van der Waals surface area contributed by atoms with Crippen LogP contribution >= 0.6 is 0 Å². The Balaban J connectivity index is 1.90. The fourth-order valence-corrected chi connectivity index (χ4v) is 2.58. The van der Waals surface area contributed by atoms with Crippen LogP contribution in [0.1, 0.15) is 52.4 Å². The predicted octanol–water partition coefficient (Wildman–Crippen LogP) is 3.22. The highest BCUT2D eigenvalue weighted by Gasteiger charge is 2.20. The molecule has 0 aliphatic heterocycles. The molecule has 0 spiro atoms. The summed E-state index contributed by atoms with van der Waals surface area (Å²) in [6, 6.07) is 0. The van der Waals surface area contributed by atoms with E-state index in [1.54, 1.807) is 0 Å². The number of nitrogens with one attached hydrogen (secondary N) is 1. The summed E-state index contributed by atoms with van der Waals surface area (Å²) in [6.45, 7) is 8.65. The first-order chi connectivity index (χ1) is 7.84. The molecule has 0 aromatic rings. The summed E-state index contributed by atoms with van der Waals surface area (Å²) in [7, 11) is 0. The average Bonchev–Trinajstić information content (AvgIpc) is 2.30. The Kier molecular flexibility index (Phi) is 7.87. The Morgan fingerprint density at radius 1 is 1.19 bits per heavy atom. The van der Waals surface area contributed by atoms with Gasteiger partial charge in [0.2, 0.25) is 0 Å². The summed E-state index contributed by atoms with van der Waals surface area (Å²) >= 11 is 0. The van der Waals surface area contributed by atoms with Gasteiger partial charge in [0.05, 0.1) is 0 Å². The lowest BCUT2D eigenvalue weighted by molar-refractivity contribution is 0.143. The molecule has 0 aromatic heterocycles. The van der Waals surface area contributed by atoms with Crippen LogP contribution in [0.4, 0.5) is 0 Å². The molecule has 1 N–H and O–H groups in total. The summed E-state index contributed by atoms with van der Waals surface area (Å²) < 4.78 is 5.32. The van der Waals surface area contributed by atoms with Crippen LogP contribution in [0.5, 0.6) is 0 Å². The van der Waals surface area contributed by atoms with Crippen molar-refractivity contribution >= 4 is 0 Å². The lowest BCUT2D eigenvalue weighted by Gasteiger charge is -2.28. The van der Waals surface area contributed by atoms with Crippen LogP contribution in [0.25, 0.3) is 0 Å². The zero-order valence-electron chi connectivity index (χ0n) is 11.1. The van der Waals surface area contributed by atoms with Gasteiger partial charge in [-0.3, -0.25) is 0 Å². The van der Waals surface area contributed by atoms with E-state index in [4.69, 9.17) is 4.74 Å². The van der Waals surface area contributed by atoms with Gasteiger partial charge in [0.15, 0.2) is 0 Å². The Morgan fingerprint density at radius 3 is 2.75 bits per heavy atom. The standard InChI is InChI=1S/C14H29NO/c1-3-16-11-7-6-10-15-12-14-9-5-4-8-13(14)2/h13-15H,3-12H2,1-2H3. The van der Waals surface area contributed by atoms with Crippen LogP contribution in [-0.4, -0.2) is 26.3 Å². The first-order valence-corrected chi connectivity index (χ1v) is 7.13.